The van der Waals surface area contributed by atoms with E-state index in [1.54, 1.807) is 72.7 Å². The molecule has 0 aliphatic heterocycles. The molecule has 0 radical (unpaired) electrons. The van der Waals surface area contributed by atoms with E-state index in [1.807, 2.05) is 24.3 Å². The Morgan fingerprint density at radius 2 is 1.02 bits per heavy atom. The number of benzene rings is 1. The zero-order chi connectivity index (χ0) is 61.5. The average molecular weight is 1440 g/mol. The SMILES string of the molecule is C.C.C.CCC[CH2][Sn]([CH3])([CH2]CCC)[CH2]CCC.FC(F)c1cccc(-c2nc(Oc3ccccc3)c3cccn3n2)n1.FC(F)c1cccc(Br)n1.Fc1c(Nc2nc(-c3cccc(C(F)F)n3)nn3cccc23)ccnc1Cl.Nc1ccnc(Cl)c1F. The molecule has 0 amide bonds. The molecule has 472 valence electrons. The summed E-state index contributed by atoms with van der Waals surface area (Å²) in [5, 5.41) is 11.0. The monoisotopic (exact) mass is 1440 g/mol. The minimum atomic E-state index is -2.72. The fourth-order valence-electron chi connectivity index (χ4n) is 8.03. The summed E-state index contributed by atoms with van der Waals surface area (Å²) in [6.45, 7) is 7.02. The van der Waals surface area contributed by atoms with E-state index in [-0.39, 0.29) is 89.9 Å². The van der Waals surface area contributed by atoms with Gasteiger partial charge in [0, 0.05) is 24.8 Å². The fourth-order valence-corrected chi connectivity index (χ4v) is 21.2. The van der Waals surface area contributed by atoms with Gasteiger partial charge in [-0.1, -0.05) is 81.9 Å². The second-order valence-corrected chi connectivity index (χ2v) is 35.2. The number of rotatable bonds is 18. The first-order valence-corrected chi connectivity index (χ1v) is 37.3. The molecule has 0 bridgehead atoms. The topological polar surface area (TPSA) is 172 Å². The number of nitrogens with one attached hydrogen (secondary N) is 1. The van der Waals surface area contributed by atoms with Crippen molar-refractivity contribution in [2.45, 2.75) is 119 Å². The number of nitrogens with zero attached hydrogens (tertiary/aromatic N) is 11. The minimum Gasteiger partial charge on any atom is -0.437 e. The summed E-state index contributed by atoms with van der Waals surface area (Å²) in [4.78, 5) is 29.9. The number of nitrogen functional groups attached to an aromatic ring is 1. The summed E-state index contributed by atoms with van der Waals surface area (Å²) in [7, 11) is 0. The number of halogens is 11. The molecule has 10 rings (SSSR count). The summed E-state index contributed by atoms with van der Waals surface area (Å²) in [5.74, 6) is 0.118. The Kier molecular flexibility index (Phi) is 32.2. The molecule has 1 aromatic carbocycles. The van der Waals surface area contributed by atoms with E-state index in [1.165, 1.54) is 110 Å². The number of hydrogen-bond donors (Lipinski definition) is 2. The van der Waals surface area contributed by atoms with Gasteiger partial charge < -0.3 is 15.8 Å². The van der Waals surface area contributed by atoms with Crippen LogP contribution in [-0.2, 0) is 0 Å². The Hall–Kier alpha value is -7.09. The summed E-state index contributed by atoms with van der Waals surface area (Å²) >= 11 is 12.4. The maximum absolute atomic E-state index is 14.2. The normalized spacial score (nSPS) is 10.7. The molecular formula is C62H72BrCl2F8N13OSn. The zero-order valence-corrected chi connectivity index (χ0v) is 52.5. The van der Waals surface area contributed by atoms with Crippen LogP contribution in [0.25, 0.3) is 34.1 Å². The number of aromatic nitrogens is 11. The number of unbranched alkanes of at least 4 members (excludes halogenated alkanes) is 3. The first-order chi connectivity index (χ1) is 40.8. The molecule has 9 aromatic heterocycles. The van der Waals surface area contributed by atoms with Crippen LogP contribution < -0.4 is 15.8 Å². The van der Waals surface area contributed by atoms with Crippen LogP contribution in [-0.4, -0.2) is 72.5 Å². The predicted octanol–water partition coefficient (Wildman–Crippen LogP) is 20.8. The first-order valence-electron chi connectivity index (χ1n) is 26.8. The van der Waals surface area contributed by atoms with Crippen LogP contribution in [0.1, 0.15) is 118 Å². The Bertz CT molecular complexity index is 3650. The Morgan fingerprint density at radius 1 is 0.557 bits per heavy atom. The maximum atomic E-state index is 14.2. The van der Waals surface area contributed by atoms with Crippen LogP contribution in [0.15, 0.2) is 151 Å². The van der Waals surface area contributed by atoms with Gasteiger partial charge in [0.15, 0.2) is 27.8 Å². The van der Waals surface area contributed by atoms with Gasteiger partial charge in [0.2, 0.25) is 17.5 Å². The molecule has 0 saturated heterocycles. The van der Waals surface area contributed by atoms with Crippen molar-refractivity contribution in [2.24, 2.45) is 0 Å². The molecule has 10 aromatic rings. The van der Waals surface area contributed by atoms with Gasteiger partial charge in [-0.3, -0.25) is 0 Å². The van der Waals surface area contributed by atoms with Crippen LogP contribution in [0.3, 0.4) is 0 Å². The number of hydrogen-bond acceptors (Lipinski definition) is 12. The molecule has 9 heterocycles. The van der Waals surface area contributed by atoms with Crippen molar-refractivity contribution in [1.82, 2.24) is 54.1 Å². The third-order valence-electron chi connectivity index (χ3n) is 12.5. The number of para-hydroxylation sites is 1. The van der Waals surface area contributed by atoms with E-state index in [0.717, 1.165) is 0 Å². The summed E-state index contributed by atoms with van der Waals surface area (Å²) in [6.07, 6.45) is 6.98. The van der Waals surface area contributed by atoms with Crippen molar-refractivity contribution in [3.8, 4) is 34.7 Å². The van der Waals surface area contributed by atoms with Crippen LogP contribution in [0.5, 0.6) is 11.6 Å². The van der Waals surface area contributed by atoms with Crippen LogP contribution in [0.2, 0.25) is 28.6 Å². The summed E-state index contributed by atoms with van der Waals surface area (Å²) in [5.41, 5.74) is 5.95. The van der Waals surface area contributed by atoms with Gasteiger partial charge in [-0.25, -0.2) is 74.1 Å². The quantitative estimate of drug-likeness (QED) is 0.0474. The zero-order valence-electron chi connectivity index (χ0n) is 46.5. The van der Waals surface area contributed by atoms with Crippen molar-refractivity contribution >= 4 is 85.7 Å². The Balaban J connectivity index is 0.000000305. The van der Waals surface area contributed by atoms with Gasteiger partial charge in [-0.2, -0.15) is 4.98 Å². The minimum absolute atomic E-state index is 0. The average Bonchev–Trinajstić information content (AvgIpc) is 4.24. The third-order valence-corrected chi connectivity index (χ3v) is 26.8. The summed E-state index contributed by atoms with van der Waals surface area (Å²) < 4.78 is 116. The van der Waals surface area contributed by atoms with Gasteiger partial charge in [0.25, 0.3) is 19.3 Å². The molecule has 0 unspecified atom stereocenters. The number of alkyl halides is 6. The van der Waals surface area contributed by atoms with Crippen molar-refractivity contribution in [3.63, 3.8) is 0 Å². The van der Waals surface area contributed by atoms with Crippen molar-refractivity contribution in [3.05, 3.63) is 190 Å². The molecule has 0 fully saturated rings. The van der Waals surface area contributed by atoms with Crippen molar-refractivity contribution in [1.29, 1.82) is 0 Å². The predicted molar refractivity (Wildman–Crippen MR) is 343 cm³/mol. The van der Waals surface area contributed by atoms with E-state index in [4.69, 9.17) is 33.7 Å². The van der Waals surface area contributed by atoms with Gasteiger partial charge in [-0.15, -0.1) is 10.2 Å². The van der Waals surface area contributed by atoms with E-state index in [9.17, 15) is 35.1 Å². The molecule has 0 aliphatic rings. The standard InChI is InChI=1S/C18H12F2N4O.C17H10ClF3N6.C6H4BrF2N.C5H4ClFN2.3C4H9.3CH4.CH3.Sn/c19-16(20)13-8-4-9-14(21-13)17-22-18(15-10-5-11-24(15)23-17)25-12-6-2-1-3-7-12;18-14-13(19)9(6-7-22-14)24-17-12-5-2-8-27(12)26-16(25-17)11-4-1-3-10(23-11)15(20)21;7-5-3-1-2-4(10-5)6(8)9;6-5-4(7)3(8)1-2-9-5;3*1-3-4-2;;;;;/h1-11,16H;1-8,15H,(H,22,24,25,26);1-3,6H;1-2H,(H2,8,9);3*1,3-4H2,2H3;3*1H4;1H3;. The van der Waals surface area contributed by atoms with Gasteiger partial charge in [0.1, 0.15) is 49.9 Å². The molecule has 0 spiro atoms. The molecule has 0 aliphatic carbocycles. The fraction of sp³-hybridized carbons (Fsp3) is 0.306. The number of anilines is 3. The maximum Gasteiger partial charge on any atom is 0.280 e. The summed E-state index contributed by atoms with van der Waals surface area (Å²) in [6, 6.07) is 31.9. The van der Waals surface area contributed by atoms with Gasteiger partial charge >= 0.3 is 95.9 Å². The number of fused-ring (bicyclic) bond motifs is 2. The number of pyridine rings is 5. The third kappa shape index (κ3) is 22.5. The van der Waals surface area contributed by atoms with Crippen LogP contribution in [0.4, 0.5) is 52.3 Å². The van der Waals surface area contributed by atoms with Crippen LogP contribution in [0, 0.1) is 11.6 Å². The second kappa shape index (κ2) is 37.7. The molecule has 88 heavy (non-hydrogen) atoms. The Morgan fingerprint density at radius 3 is 1.50 bits per heavy atom. The van der Waals surface area contributed by atoms with E-state index in [0.29, 0.717) is 27.3 Å². The molecule has 14 nitrogen and oxygen atoms in total. The smallest absolute Gasteiger partial charge is 0.280 e. The van der Waals surface area contributed by atoms with Crippen molar-refractivity contribution < 1.29 is 39.9 Å². The molecule has 0 saturated carbocycles. The second-order valence-electron chi connectivity index (χ2n) is 19.0. The van der Waals surface area contributed by atoms with Gasteiger partial charge in [0.05, 0.1) is 11.4 Å². The molecular weight excluding hydrogens is 1360 g/mol. The van der Waals surface area contributed by atoms with Gasteiger partial charge in [-0.05, 0) is 101 Å². The van der Waals surface area contributed by atoms with Crippen molar-refractivity contribution in [2.75, 3.05) is 11.1 Å². The van der Waals surface area contributed by atoms with E-state index < -0.39 is 49.3 Å². The number of nitrogens with two attached hydrogens (primary N) is 1. The van der Waals surface area contributed by atoms with Crippen LogP contribution >= 0.6 is 39.1 Å². The molecule has 26 heteroatoms. The molecule has 3 N–H and O–H groups in total. The van der Waals surface area contributed by atoms with E-state index >= 15 is 0 Å². The largest absolute Gasteiger partial charge is 0.437 e. The number of ether oxygens (including phenoxy) is 1. The van der Waals surface area contributed by atoms with E-state index in [2.05, 4.69) is 92.0 Å². The molecule has 0 atom stereocenters. The Labute approximate surface area is 530 Å². The first kappa shape index (κ1) is 75.2.